The van der Waals surface area contributed by atoms with Gasteiger partial charge in [-0.3, -0.25) is 4.79 Å². The van der Waals surface area contributed by atoms with Gasteiger partial charge in [0.25, 0.3) is 0 Å². The Morgan fingerprint density at radius 2 is 2.33 bits per heavy atom. The van der Waals surface area contributed by atoms with Crippen molar-refractivity contribution in [3.8, 4) is 0 Å². The number of Topliss-reactive ketones (excluding diaryl/α,β-unsaturated/α-hetero) is 1. The smallest absolute Gasteiger partial charge is 0.177 e. The molecule has 0 atom stereocenters. The molecule has 1 N–H and O–H groups in total. The molecule has 0 aromatic carbocycles. The zero-order valence-corrected chi connectivity index (χ0v) is 5.66. The van der Waals surface area contributed by atoms with Gasteiger partial charge in [0.05, 0.1) is 0 Å². The first-order valence-corrected chi connectivity index (χ1v) is 2.87. The first-order chi connectivity index (χ1) is 4.16. The highest BCUT2D eigenvalue weighted by Crippen LogP contribution is 1.97. The molecule has 0 aliphatic carbocycles. The van der Waals surface area contributed by atoms with E-state index in [1.54, 1.807) is 0 Å². The van der Waals surface area contributed by atoms with Gasteiger partial charge < -0.3 is 5.21 Å². The highest BCUT2D eigenvalue weighted by Gasteiger charge is 2.00. The van der Waals surface area contributed by atoms with E-state index >= 15 is 0 Å². The van der Waals surface area contributed by atoms with Crippen molar-refractivity contribution in [3.63, 3.8) is 0 Å². The molecule has 0 aliphatic heterocycles. The van der Waals surface area contributed by atoms with Gasteiger partial charge >= 0.3 is 0 Å². The maximum absolute atomic E-state index is 10.5. The van der Waals surface area contributed by atoms with Crippen LogP contribution in [0, 0.1) is 5.92 Å². The van der Waals surface area contributed by atoms with E-state index in [0.29, 0.717) is 12.3 Å². The molecule has 0 amide bonds. The van der Waals surface area contributed by atoms with Gasteiger partial charge in [-0.1, -0.05) is 19.0 Å². The largest absolute Gasteiger partial charge is 0.411 e. The summed E-state index contributed by atoms with van der Waals surface area (Å²) in [6, 6.07) is 0. The standard InChI is InChI=1S/C6H11NO2/c1-5(2)3-6(8)4-7-9/h4-5,9H,3H2,1-2H3/b7-4-. The number of rotatable bonds is 3. The quantitative estimate of drug-likeness (QED) is 0.352. The molecule has 0 saturated carbocycles. The highest BCUT2D eigenvalue weighted by molar-refractivity contribution is 6.27. The number of oxime groups is 1. The Morgan fingerprint density at radius 3 is 2.67 bits per heavy atom. The van der Waals surface area contributed by atoms with E-state index in [9.17, 15) is 4.79 Å². The average molecular weight is 129 g/mol. The van der Waals surface area contributed by atoms with Crippen molar-refractivity contribution in [1.82, 2.24) is 0 Å². The number of carbonyl (C=O) groups excluding carboxylic acids is 1. The fourth-order valence-electron chi connectivity index (χ4n) is 0.519. The molecule has 0 fully saturated rings. The molecular formula is C6H11NO2. The Balaban J connectivity index is 3.51. The molecule has 0 heterocycles. The van der Waals surface area contributed by atoms with Crippen LogP contribution in [-0.2, 0) is 4.79 Å². The van der Waals surface area contributed by atoms with E-state index in [-0.39, 0.29) is 5.78 Å². The number of carbonyl (C=O) groups is 1. The molecule has 0 unspecified atom stereocenters. The van der Waals surface area contributed by atoms with E-state index in [4.69, 9.17) is 5.21 Å². The topological polar surface area (TPSA) is 49.7 Å². The fraction of sp³-hybridized carbons (Fsp3) is 0.667. The summed E-state index contributed by atoms with van der Waals surface area (Å²) >= 11 is 0. The van der Waals surface area contributed by atoms with Gasteiger partial charge in [0.1, 0.15) is 6.21 Å². The van der Waals surface area contributed by atoms with E-state index in [1.807, 2.05) is 13.8 Å². The lowest BCUT2D eigenvalue weighted by Gasteiger charge is -1.96. The van der Waals surface area contributed by atoms with Crippen molar-refractivity contribution in [3.05, 3.63) is 0 Å². The molecular weight excluding hydrogens is 118 g/mol. The Kier molecular flexibility index (Phi) is 3.67. The first kappa shape index (κ1) is 8.14. The van der Waals surface area contributed by atoms with E-state index in [1.165, 1.54) is 0 Å². The van der Waals surface area contributed by atoms with Gasteiger partial charge in [0.2, 0.25) is 0 Å². The zero-order valence-electron chi connectivity index (χ0n) is 5.66. The minimum Gasteiger partial charge on any atom is -0.411 e. The lowest BCUT2D eigenvalue weighted by Crippen LogP contribution is -2.03. The van der Waals surface area contributed by atoms with Crippen LogP contribution in [0.25, 0.3) is 0 Å². The molecule has 0 bridgehead atoms. The van der Waals surface area contributed by atoms with Crippen LogP contribution in [0.3, 0.4) is 0 Å². The van der Waals surface area contributed by atoms with Crippen LogP contribution in [0.1, 0.15) is 20.3 Å². The van der Waals surface area contributed by atoms with Crippen molar-refractivity contribution < 1.29 is 10.0 Å². The normalized spacial score (nSPS) is 11.0. The van der Waals surface area contributed by atoms with Crippen LogP contribution in [0.2, 0.25) is 0 Å². The molecule has 0 rings (SSSR count). The Labute approximate surface area is 54.4 Å². The maximum atomic E-state index is 10.5. The summed E-state index contributed by atoms with van der Waals surface area (Å²) in [6.45, 7) is 3.87. The van der Waals surface area contributed by atoms with Crippen molar-refractivity contribution in [2.75, 3.05) is 0 Å². The summed E-state index contributed by atoms with van der Waals surface area (Å²) in [5.74, 6) is 0.197. The van der Waals surface area contributed by atoms with Crippen LogP contribution in [0.15, 0.2) is 5.16 Å². The molecule has 0 aromatic rings. The Bertz CT molecular complexity index is 118. The van der Waals surface area contributed by atoms with Gasteiger partial charge in [0, 0.05) is 6.42 Å². The Morgan fingerprint density at radius 1 is 1.78 bits per heavy atom. The fourth-order valence-corrected chi connectivity index (χ4v) is 0.519. The van der Waals surface area contributed by atoms with Gasteiger partial charge in [-0.15, -0.1) is 0 Å². The third-order valence-electron chi connectivity index (χ3n) is 0.811. The number of hydrogen-bond acceptors (Lipinski definition) is 3. The molecule has 0 radical (unpaired) electrons. The van der Waals surface area contributed by atoms with Crippen molar-refractivity contribution in [2.24, 2.45) is 11.1 Å². The summed E-state index contributed by atoms with van der Waals surface area (Å²) in [7, 11) is 0. The lowest BCUT2D eigenvalue weighted by atomic mass is 10.1. The summed E-state index contributed by atoms with van der Waals surface area (Å²) in [6.07, 6.45) is 1.38. The van der Waals surface area contributed by atoms with E-state index in [2.05, 4.69) is 5.16 Å². The van der Waals surface area contributed by atoms with Crippen LogP contribution >= 0.6 is 0 Å². The summed E-state index contributed by atoms with van der Waals surface area (Å²) in [5, 5.41) is 10.5. The third-order valence-corrected chi connectivity index (χ3v) is 0.811. The third kappa shape index (κ3) is 5.00. The van der Waals surface area contributed by atoms with E-state index < -0.39 is 0 Å². The highest BCUT2D eigenvalue weighted by atomic mass is 16.4. The zero-order chi connectivity index (χ0) is 7.28. The number of hydrogen-bond donors (Lipinski definition) is 1. The molecule has 0 aliphatic rings. The number of nitrogens with zero attached hydrogens (tertiary/aromatic N) is 1. The predicted octanol–water partition coefficient (Wildman–Crippen LogP) is 1.06. The second kappa shape index (κ2) is 4.06. The SMILES string of the molecule is CC(C)CC(=O)/C=N\O. The monoisotopic (exact) mass is 129 g/mol. The van der Waals surface area contributed by atoms with Crippen molar-refractivity contribution in [2.45, 2.75) is 20.3 Å². The average Bonchev–Trinajstić information content (AvgIpc) is 1.63. The summed E-state index contributed by atoms with van der Waals surface area (Å²) < 4.78 is 0. The van der Waals surface area contributed by atoms with Crippen molar-refractivity contribution >= 4 is 12.0 Å². The van der Waals surface area contributed by atoms with Crippen LogP contribution in [0.4, 0.5) is 0 Å². The van der Waals surface area contributed by atoms with Crippen LogP contribution in [0.5, 0.6) is 0 Å². The first-order valence-electron chi connectivity index (χ1n) is 2.87. The second-order valence-corrected chi connectivity index (χ2v) is 2.31. The molecule has 9 heavy (non-hydrogen) atoms. The molecule has 3 nitrogen and oxygen atoms in total. The van der Waals surface area contributed by atoms with Gasteiger partial charge in [-0.25, -0.2) is 0 Å². The van der Waals surface area contributed by atoms with Gasteiger partial charge in [0.15, 0.2) is 5.78 Å². The van der Waals surface area contributed by atoms with E-state index in [0.717, 1.165) is 6.21 Å². The van der Waals surface area contributed by atoms with Gasteiger partial charge in [-0.05, 0) is 5.92 Å². The van der Waals surface area contributed by atoms with Crippen LogP contribution < -0.4 is 0 Å². The summed E-state index contributed by atoms with van der Waals surface area (Å²) in [5.41, 5.74) is 0. The molecule has 0 aromatic heterocycles. The maximum Gasteiger partial charge on any atom is 0.177 e. The molecule has 52 valence electrons. The predicted molar refractivity (Wildman–Crippen MR) is 34.7 cm³/mol. The summed E-state index contributed by atoms with van der Waals surface area (Å²) in [4.78, 5) is 10.5. The molecule has 3 heteroatoms. The second-order valence-electron chi connectivity index (χ2n) is 2.31. The minimum atomic E-state index is -0.132. The van der Waals surface area contributed by atoms with Crippen LogP contribution in [-0.4, -0.2) is 17.2 Å². The Hall–Kier alpha value is -0.860. The van der Waals surface area contributed by atoms with Crippen molar-refractivity contribution in [1.29, 1.82) is 0 Å². The number of ketones is 1. The minimum absolute atomic E-state index is 0.132. The van der Waals surface area contributed by atoms with Gasteiger partial charge in [-0.2, -0.15) is 0 Å². The molecule has 0 spiro atoms. The molecule has 0 saturated heterocycles. The lowest BCUT2D eigenvalue weighted by molar-refractivity contribution is -0.113.